The van der Waals surface area contributed by atoms with Crippen molar-refractivity contribution in [3.63, 3.8) is 0 Å². The van der Waals surface area contributed by atoms with E-state index in [2.05, 4.69) is 65.4 Å². The Morgan fingerprint density at radius 1 is 0.704 bits per heavy atom. The number of hydrogen-bond donors (Lipinski definition) is 1. The summed E-state index contributed by atoms with van der Waals surface area (Å²) in [6.07, 6.45) is 14.5. The smallest absolute Gasteiger partial charge is 0.107 e. The number of aromatic nitrogens is 2. The fourth-order valence-corrected chi connectivity index (χ4v) is 3.85. The summed E-state index contributed by atoms with van der Waals surface area (Å²) in [5.74, 6) is 1.14. The summed E-state index contributed by atoms with van der Waals surface area (Å²) < 4.78 is 0. The summed E-state index contributed by atoms with van der Waals surface area (Å²) in [6.45, 7) is 2.18. The van der Waals surface area contributed by atoms with Crippen LogP contribution in [0.3, 0.4) is 0 Å². The van der Waals surface area contributed by atoms with E-state index >= 15 is 0 Å². The van der Waals surface area contributed by atoms with Crippen LogP contribution in [-0.4, -0.2) is 9.97 Å². The highest BCUT2D eigenvalue weighted by Gasteiger charge is 2.01. The van der Waals surface area contributed by atoms with Gasteiger partial charge in [-0.25, -0.2) is 4.98 Å². The highest BCUT2D eigenvalue weighted by Crippen LogP contribution is 2.15. The van der Waals surface area contributed by atoms with Crippen molar-refractivity contribution in [2.75, 3.05) is 0 Å². The summed E-state index contributed by atoms with van der Waals surface area (Å²) in [5.41, 5.74) is 5.14. The fraction of sp³-hybridized carbons (Fsp3) is 0.480. The molecule has 2 heteroatoms. The van der Waals surface area contributed by atoms with E-state index in [0.717, 1.165) is 23.3 Å². The summed E-state index contributed by atoms with van der Waals surface area (Å²) in [4.78, 5) is 8.09. The Morgan fingerprint density at radius 2 is 1.37 bits per heavy atom. The first-order valence-electron chi connectivity index (χ1n) is 10.8. The van der Waals surface area contributed by atoms with Crippen molar-refractivity contribution in [2.24, 2.45) is 0 Å². The third-order valence-corrected chi connectivity index (χ3v) is 5.40. The molecule has 0 unspecified atom stereocenters. The molecule has 0 aliphatic carbocycles. The number of nitrogens with zero attached hydrogens (tertiary/aromatic N) is 1. The van der Waals surface area contributed by atoms with Crippen LogP contribution < -0.4 is 0 Å². The first kappa shape index (κ1) is 19.7. The van der Waals surface area contributed by atoms with Gasteiger partial charge in [0, 0.05) is 6.42 Å². The zero-order valence-electron chi connectivity index (χ0n) is 16.8. The van der Waals surface area contributed by atoms with Crippen LogP contribution in [0, 0.1) is 6.92 Å². The summed E-state index contributed by atoms with van der Waals surface area (Å²) >= 11 is 0. The van der Waals surface area contributed by atoms with Crippen molar-refractivity contribution in [3.05, 3.63) is 65.5 Å². The minimum absolute atomic E-state index is 1.08. The van der Waals surface area contributed by atoms with Gasteiger partial charge in [0.15, 0.2) is 0 Å². The fourth-order valence-electron chi connectivity index (χ4n) is 3.85. The predicted molar refractivity (Wildman–Crippen MR) is 116 cm³/mol. The number of imidazole rings is 1. The SMILES string of the molecule is Cc1cccc(CCCCCCCCCCCc2nc3ccccc3[nH]2)c1. The molecule has 0 aliphatic heterocycles. The molecule has 2 nitrogen and oxygen atoms in total. The molecule has 3 aromatic rings. The monoisotopic (exact) mass is 362 g/mol. The average Bonchev–Trinajstić information content (AvgIpc) is 3.09. The molecular formula is C25H34N2. The first-order chi connectivity index (χ1) is 13.3. The molecule has 0 radical (unpaired) electrons. The van der Waals surface area contributed by atoms with E-state index in [-0.39, 0.29) is 0 Å². The van der Waals surface area contributed by atoms with E-state index in [0.29, 0.717) is 0 Å². The number of unbranched alkanes of at least 4 members (excludes halogenated alkanes) is 8. The van der Waals surface area contributed by atoms with Crippen LogP contribution in [0.4, 0.5) is 0 Å². The Labute approximate surface area is 164 Å². The number of fused-ring (bicyclic) bond motifs is 1. The van der Waals surface area contributed by atoms with Crippen molar-refractivity contribution in [3.8, 4) is 0 Å². The van der Waals surface area contributed by atoms with Crippen LogP contribution in [0.1, 0.15) is 74.7 Å². The van der Waals surface area contributed by atoms with E-state index < -0.39 is 0 Å². The van der Waals surface area contributed by atoms with Crippen molar-refractivity contribution in [2.45, 2.75) is 77.6 Å². The molecule has 0 saturated carbocycles. The van der Waals surface area contributed by atoms with Gasteiger partial charge in [0.25, 0.3) is 0 Å². The molecule has 1 aromatic heterocycles. The maximum absolute atomic E-state index is 4.66. The van der Waals surface area contributed by atoms with Crippen LogP contribution in [0.5, 0.6) is 0 Å². The molecule has 1 N–H and O–H groups in total. The normalized spacial score (nSPS) is 11.3. The predicted octanol–water partition coefficient (Wildman–Crippen LogP) is 7.17. The minimum Gasteiger partial charge on any atom is -0.342 e. The van der Waals surface area contributed by atoms with Gasteiger partial charge in [0.05, 0.1) is 11.0 Å². The Morgan fingerprint density at radius 3 is 2.07 bits per heavy atom. The van der Waals surface area contributed by atoms with Gasteiger partial charge >= 0.3 is 0 Å². The number of rotatable bonds is 12. The van der Waals surface area contributed by atoms with Gasteiger partial charge in [0.2, 0.25) is 0 Å². The molecule has 0 aliphatic rings. The van der Waals surface area contributed by atoms with E-state index in [1.807, 2.05) is 0 Å². The maximum atomic E-state index is 4.66. The van der Waals surface area contributed by atoms with Crippen molar-refractivity contribution in [1.29, 1.82) is 0 Å². The number of hydrogen-bond acceptors (Lipinski definition) is 1. The Bertz CT molecular complexity index is 770. The Kier molecular flexibility index (Phi) is 7.95. The lowest BCUT2D eigenvalue weighted by Crippen LogP contribution is -1.89. The van der Waals surface area contributed by atoms with E-state index in [1.165, 1.54) is 75.3 Å². The van der Waals surface area contributed by atoms with Gasteiger partial charge in [0.1, 0.15) is 5.82 Å². The minimum atomic E-state index is 1.08. The summed E-state index contributed by atoms with van der Waals surface area (Å²) in [5, 5.41) is 0. The zero-order valence-corrected chi connectivity index (χ0v) is 16.8. The van der Waals surface area contributed by atoms with Crippen LogP contribution >= 0.6 is 0 Å². The first-order valence-corrected chi connectivity index (χ1v) is 10.8. The van der Waals surface area contributed by atoms with Gasteiger partial charge in [-0.15, -0.1) is 0 Å². The quantitative estimate of drug-likeness (QED) is 0.340. The standard InChI is InChI=1S/C25H34N2/c1-21-14-13-16-22(20-21)15-9-7-5-3-2-4-6-8-10-19-25-26-23-17-11-12-18-24(23)27-25/h11-14,16-18,20H,2-10,15,19H2,1H3,(H,26,27). The maximum Gasteiger partial charge on any atom is 0.107 e. The molecule has 0 atom stereocenters. The molecule has 0 amide bonds. The third kappa shape index (κ3) is 6.86. The second kappa shape index (κ2) is 10.9. The van der Waals surface area contributed by atoms with Crippen molar-refractivity contribution < 1.29 is 0 Å². The molecule has 3 rings (SSSR count). The molecule has 0 fully saturated rings. The third-order valence-electron chi connectivity index (χ3n) is 5.40. The van der Waals surface area contributed by atoms with E-state index in [1.54, 1.807) is 0 Å². The highest BCUT2D eigenvalue weighted by molar-refractivity contribution is 5.74. The highest BCUT2D eigenvalue weighted by atomic mass is 14.9. The van der Waals surface area contributed by atoms with Gasteiger partial charge in [-0.3, -0.25) is 0 Å². The molecule has 144 valence electrons. The largest absolute Gasteiger partial charge is 0.342 e. The lowest BCUT2D eigenvalue weighted by atomic mass is 10.0. The summed E-state index contributed by atoms with van der Waals surface area (Å²) in [7, 11) is 0. The lowest BCUT2D eigenvalue weighted by molar-refractivity contribution is 0.557. The van der Waals surface area contributed by atoms with Gasteiger partial charge in [-0.05, 0) is 43.9 Å². The van der Waals surface area contributed by atoms with Crippen molar-refractivity contribution in [1.82, 2.24) is 9.97 Å². The molecule has 1 heterocycles. The number of aryl methyl sites for hydroxylation is 3. The molecule has 27 heavy (non-hydrogen) atoms. The van der Waals surface area contributed by atoms with Crippen LogP contribution in [0.15, 0.2) is 48.5 Å². The Hall–Kier alpha value is -2.09. The summed E-state index contributed by atoms with van der Waals surface area (Å²) in [6, 6.07) is 17.2. The Balaban J connectivity index is 1.15. The van der Waals surface area contributed by atoms with Crippen LogP contribution in [0.2, 0.25) is 0 Å². The second-order valence-corrected chi connectivity index (χ2v) is 7.87. The molecule has 0 saturated heterocycles. The molecule has 0 bridgehead atoms. The molecule has 2 aromatic carbocycles. The van der Waals surface area contributed by atoms with Crippen LogP contribution in [-0.2, 0) is 12.8 Å². The van der Waals surface area contributed by atoms with E-state index in [4.69, 9.17) is 0 Å². The van der Waals surface area contributed by atoms with Gasteiger partial charge in [-0.1, -0.05) is 86.9 Å². The zero-order chi connectivity index (χ0) is 18.7. The number of benzene rings is 2. The molecule has 0 spiro atoms. The van der Waals surface area contributed by atoms with Crippen LogP contribution in [0.25, 0.3) is 11.0 Å². The number of H-pyrrole nitrogens is 1. The van der Waals surface area contributed by atoms with Gasteiger partial charge in [-0.2, -0.15) is 0 Å². The second-order valence-electron chi connectivity index (χ2n) is 7.87. The topological polar surface area (TPSA) is 28.7 Å². The number of nitrogens with one attached hydrogen (secondary N) is 1. The average molecular weight is 363 g/mol. The van der Waals surface area contributed by atoms with Crippen molar-refractivity contribution >= 4 is 11.0 Å². The number of aromatic amines is 1. The number of para-hydroxylation sites is 2. The lowest BCUT2D eigenvalue weighted by Gasteiger charge is -2.04. The molecular weight excluding hydrogens is 328 g/mol. The van der Waals surface area contributed by atoms with Gasteiger partial charge < -0.3 is 4.98 Å². The van der Waals surface area contributed by atoms with E-state index in [9.17, 15) is 0 Å².